The molecule has 0 heterocycles. The quantitative estimate of drug-likeness (QED) is 0.789. The van der Waals surface area contributed by atoms with Gasteiger partial charge in [0.1, 0.15) is 4.90 Å². The predicted molar refractivity (Wildman–Crippen MR) is 54.0 cm³/mol. The summed E-state index contributed by atoms with van der Waals surface area (Å²) >= 11 is 8.65. The molecule has 3 nitrogen and oxygen atoms in total. The van der Waals surface area contributed by atoms with Gasteiger partial charge in [0, 0.05) is 4.47 Å². The summed E-state index contributed by atoms with van der Waals surface area (Å²) in [6.07, 6.45) is 0. The standard InChI is InChI=1S/C7H5BrClFO3S/c1-13-7-5(9)2-4(8)3-6(7)14(10,11)12/h2-3H,1H3. The SMILES string of the molecule is COc1c(Cl)cc(Br)cc1S(=O)(=O)F. The second-order valence-electron chi connectivity index (χ2n) is 2.36. The first-order chi connectivity index (χ1) is 6.36. The summed E-state index contributed by atoms with van der Waals surface area (Å²) in [5.74, 6) is -0.197. The van der Waals surface area contributed by atoms with E-state index >= 15 is 0 Å². The molecule has 0 spiro atoms. The zero-order valence-electron chi connectivity index (χ0n) is 6.92. The molecule has 1 rings (SSSR count). The Morgan fingerprint density at radius 2 is 2.07 bits per heavy atom. The van der Waals surface area contributed by atoms with E-state index in [2.05, 4.69) is 20.7 Å². The summed E-state index contributed by atoms with van der Waals surface area (Å²) in [4.78, 5) is -0.584. The Balaban J connectivity index is 3.56. The van der Waals surface area contributed by atoms with Gasteiger partial charge in [-0.05, 0) is 12.1 Å². The van der Waals surface area contributed by atoms with Gasteiger partial charge in [-0.2, -0.15) is 8.42 Å². The van der Waals surface area contributed by atoms with E-state index in [9.17, 15) is 12.3 Å². The molecule has 78 valence electrons. The van der Waals surface area contributed by atoms with Crippen LogP contribution >= 0.6 is 27.5 Å². The minimum absolute atomic E-state index is 0.0260. The van der Waals surface area contributed by atoms with Crippen molar-refractivity contribution < 1.29 is 17.0 Å². The van der Waals surface area contributed by atoms with Gasteiger partial charge in [0.15, 0.2) is 5.75 Å². The lowest BCUT2D eigenvalue weighted by Crippen LogP contribution is -1.97. The highest BCUT2D eigenvalue weighted by atomic mass is 79.9. The molecule has 0 radical (unpaired) electrons. The topological polar surface area (TPSA) is 43.4 Å². The average Bonchev–Trinajstić information content (AvgIpc) is 2.01. The minimum Gasteiger partial charge on any atom is -0.494 e. The maximum absolute atomic E-state index is 12.7. The van der Waals surface area contributed by atoms with E-state index < -0.39 is 15.1 Å². The Bertz CT molecular complexity index is 460. The Morgan fingerprint density at radius 1 is 1.50 bits per heavy atom. The van der Waals surface area contributed by atoms with Crippen LogP contribution in [0.4, 0.5) is 3.89 Å². The first-order valence-electron chi connectivity index (χ1n) is 3.34. The lowest BCUT2D eigenvalue weighted by Gasteiger charge is -2.07. The lowest BCUT2D eigenvalue weighted by atomic mass is 10.3. The normalized spacial score (nSPS) is 11.4. The Labute approximate surface area is 94.2 Å². The molecule has 0 amide bonds. The molecule has 7 heteroatoms. The molecule has 1 aromatic rings. The molecule has 0 saturated carbocycles. The number of hydrogen-bond donors (Lipinski definition) is 0. The average molecular weight is 304 g/mol. The molecule has 14 heavy (non-hydrogen) atoms. The first kappa shape index (κ1) is 11.7. The smallest absolute Gasteiger partial charge is 0.335 e. The first-order valence-corrected chi connectivity index (χ1v) is 5.89. The van der Waals surface area contributed by atoms with Crippen LogP contribution in [-0.2, 0) is 10.2 Å². The van der Waals surface area contributed by atoms with Crippen molar-refractivity contribution in [1.82, 2.24) is 0 Å². The van der Waals surface area contributed by atoms with Crippen molar-refractivity contribution in [1.29, 1.82) is 0 Å². The van der Waals surface area contributed by atoms with E-state index in [4.69, 9.17) is 11.6 Å². The minimum atomic E-state index is -4.83. The van der Waals surface area contributed by atoms with E-state index in [1.54, 1.807) is 0 Å². The molecule has 0 fully saturated rings. The van der Waals surface area contributed by atoms with Crippen molar-refractivity contribution in [2.45, 2.75) is 4.90 Å². The highest BCUT2D eigenvalue weighted by Crippen LogP contribution is 2.35. The van der Waals surface area contributed by atoms with Crippen molar-refractivity contribution in [3.05, 3.63) is 21.6 Å². The number of rotatable bonds is 2. The van der Waals surface area contributed by atoms with Crippen molar-refractivity contribution >= 4 is 37.8 Å². The molecule has 1 aromatic carbocycles. The summed E-state index contributed by atoms with van der Waals surface area (Å²) in [5.41, 5.74) is 0. The van der Waals surface area contributed by atoms with E-state index in [0.717, 1.165) is 6.07 Å². The third-order valence-corrected chi connectivity index (χ3v) is 3.01. The fourth-order valence-corrected chi connectivity index (χ4v) is 2.69. The lowest BCUT2D eigenvalue weighted by molar-refractivity contribution is 0.401. The summed E-state index contributed by atoms with van der Waals surface area (Å²) in [5, 5.41) is 0.0260. The molecule has 0 unspecified atom stereocenters. The van der Waals surface area contributed by atoms with Crippen LogP contribution in [0.2, 0.25) is 5.02 Å². The molecule has 0 bridgehead atoms. The van der Waals surface area contributed by atoms with Crippen LogP contribution in [0.15, 0.2) is 21.5 Å². The largest absolute Gasteiger partial charge is 0.494 e. The monoisotopic (exact) mass is 302 g/mol. The van der Waals surface area contributed by atoms with Crippen molar-refractivity contribution in [3.8, 4) is 5.75 Å². The number of ether oxygens (including phenoxy) is 1. The van der Waals surface area contributed by atoms with Gasteiger partial charge in [0.2, 0.25) is 0 Å². The van der Waals surface area contributed by atoms with Gasteiger partial charge in [-0.15, -0.1) is 3.89 Å². The van der Waals surface area contributed by atoms with Gasteiger partial charge in [0.25, 0.3) is 0 Å². The molecule has 0 aromatic heterocycles. The van der Waals surface area contributed by atoms with Crippen LogP contribution in [0.1, 0.15) is 0 Å². The van der Waals surface area contributed by atoms with E-state index in [1.165, 1.54) is 13.2 Å². The van der Waals surface area contributed by atoms with Gasteiger partial charge in [-0.1, -0.05) is 27.5 Å². The maximum Gasteiger partial charge on any atom is 0.335 e. The van der Waals surface area contributed by atoms with Gasteiger partial charge >= 0.3 is 10.2 Å². The zero-order valence-corrected chi connectivity index (χ0v) is 10.1. The van der Waals surface area contributed by atoms with Crippen molar-refractivity contribution in [2.24, 2.45) is 0 Å². The predicted octanol–water partition coefficient (Wildman–Crippen LogP) is 2.77. The fourth-order valence-electron chi connectivity index (χ4n) is 0.916. The molecule has 0 atom stereocenters. The van der Waals surface area contributed by atoms with Crippen LogP contribution in [0, 0.1) is 0 Å². The van der Waals surface area contributed by atoms with Crippen LogP contribution in [0.25, 0.3) is 0 Å². The summed E-state index contributed by atoms with van der Waals surface area (Å²) in [7, 11) is -3.62. The number of methoxy groups -OCH3 is 1. The van der Waals surface area contributed by atoms with Crippen molar-refractivity contribution in [2.75, 3.05) is 7.11 Å². The van der Waals surface area contributed by atoms with Gasteiger partial charge < -0.3 is 4.74 Å². The summed E-state index contributed by atoms with van der Waals surface area (Å²) in [6.45, 7) is 0. The number of hydrogen-bond acceptors (Lipinski definition) is 3. The molecule has 0 saturated heterocycles. The molecular formula is C7H5BrClFO3S. The fraction of sp³-hybridized carbons (Fsp3) is 0.143. The molecule has 0 aliphatic heterocycles. The second-order valence-corrected chi connectivity index (χ2v) is 5.00. The van der Waals surface area contributed by atoms with Gasteiger partial charge in [-0.3, -0.25) is 0 Å². The van der Waals surface area contributed by atoms with Gasteiger partial charge in [-0.25, -0.2) is 0 Å². The van der Waals surface area contributed by atoms with Crippen LogP contribution in [0.5, 0.6) is 5.75 Å². The Morgan fingerprint density at radius 3 is 2.50 bits per heavy atom. The van der Waals surface area contributed by atoms with Crippen LogP contribution in [-0.4, -0.2) is 15.5 Å². The summed E-state index contributed by atoms with van der Waals surface area (Å²) < 4.78 is 39.2. The molecule has 0 aliphatic rings. The molecular weight excluding hydrogens is 298 g/mol. The number of benzene rings is 1. The van der Waals surface area contributed by atoms with Gasteiger partial charge in [0.05, 0.1) is 12.1 Å². The Hall–Kier alpha value is -0.330. The number of halogens is 3. The summed E-state index contributed by atoms with van der Waals surface area (Å²) in [6, 6.07) is 2.50. The zero-order chi connectivity index (χ0) is 10.9. The third kappa shape index (κ3) is 2.37. The second kappa shape index (κ2) is 4.04. The highest BCUT2D eigenvalue weighted by Gasteiger charge is 2.21. The van der Waals surface area contributed by atoms with Crippen LogP contribution in [0.3, 0.4) is 0 Å². The van der Waals surface area contributed by atoms with Crippen LogP contribution < -0.4 is 4.74 Å². The highest BCUT2D eigenvalue weighted by molar-refractivity contribution is 9.10. The molecule has 0 N–H and O–H groups in total. The molecule has 0 aliphatic carbocycles. The Kier molecular flexibility index (Phi) is 3.39. The van der Waals surface area contributed by atoms with Crippen molar-refractivity contribution in [3.63, 3.8) is 0 Å². The van der Waals surface area contributed by atoms with E-state index in [-0.39, 0.29) is 10.8 Å². The maximum atomic E-state index is 12.7. The third-order valence-electron chi connectivity index (χ3n) is 1.44. The van der Waals surface area contributed by atoms with E-state index in [1.807, 2.05) is 0 Å². The van der Waals surface area contributed by atoms with E-state index in [0.29, 0.717) is 4.47 Å².